The van der Waals surface area contributed by atoms with Gasteiger partial charge in [0.2, 0.25) is 10.0 Å². The predicted molar refractivity (Wildman–Crippen MR) is 72.2 cm³/mol. The summed E-state index contributed by atoms with van der Waals surface area (Å²) in [6.07, 6.45) is 0. The lowest BCUT2D eigenvalue weighted by atomic mass is 10.1. The molecule has 3 N–H and O–H groups in total. The summed E-state index contributed by atoms with van der Waals surface area (Å²) in [6, 6.07) is 5.97. The number of sulfonamides is 1. The highest BCUT2D eigenvalue weighted by Gasteiger charge is 2.18. The Morgan fingerprint density at radius 2 is 1.76 bits per heavy atom. The van der Waals surface area contributed by atoms with E-state index < -0.39 is 15.6 Å². The van der Waals surface area contributed by atoms with E-state index in [2.05, 4.69) is 4.72 Å². The van der Waals surface area contributed by atoms with Crippen LogP contribution in [0, 0.1) is 0 Å². The van der Waals surface area contributed by atoms with E-state index in [0.29, 0.717) is 5.02 Å². The quantitative estimate of drug-likeness (QED) is 0.890. The van der Waals surface area contributed by atoms with E-state index in [1.807, 2.05) is 0 Å². The molecule has 0 aliphatic heterocycles. The first-order valence-electron chi connectivity index (χ1n) is 4.75. The lowest BCUT2D eigenvalue weighted by molar-refractivity contribution is 0.498. The van der Waals surface area contributed by atoms with Gasteiger partial charge in [0.15, 0.2) is 0 Å². The molecule has 0 heterocycles. The summed E-state index contributed by atoms with van der Waals surface area (Å²) in [5.74, 6) is 0. The fraction of sp³-hybridized carbons (Fsp3) is 0.400. The molecule has 0 radical (unpaired) electrons. The van der Waals surface area contributed by atoms with Gasteiger partial charge in [0.05, 0.1) is 4.90 Å². The molecule has 7 heteroatoms. The van der Waals surface area contributed by atoms with Crippen LogP contribution in [-0.2, 0) is 10.0 Å². The minimum Gasteiger partial charge on any atom is -0.324 e. The molecule has 0 saturated carbocycles. The number of hydrogen-bond acceptors (Lipinski definition) is 3. The Morgan fingerprint density at radius 3 is 2.18 bits per heavy atom. The van der Waals surface area contributed by atoms with Crippen molar-refractivity contribution < 1.29 is 8.42 Å². The van der Waals surface area contributed by atoms with Crippen LogP contribution in [0.2, 0.25) is 5.02 Å². The topological polar surface area (TPSA) is 72.2 Å². The summed E-state index contributed by atoms with van der Waals surface area (Å²) in [5, 5.41) is 0.498. The number of benzene rings is 1. The third kappa shape index (κ3) is 5.70. The van der Waals surface area contributed by atoms with Gasteiger partial charge in [0, 0.05) is 17.1 Å². The van der Waals surface area contributed by atoms with E-state index in [9.17, 15) is 8.42 Å². The first-order chi connectivity index (χ1) is 7.21. The van der Waals surface area contributed by atoms with Crippen LogP contribution in [-0.4, -0.2) is 20.5 Å². The monoisotopic (exact) mass is 298 g/mol. The van der Waals surface area contributed by atoms with Gasteiger partial charge in [-0.05, 0) is 38.1 Å². The highest BCUT2D eigenvalue weighted by molar-refractivity contribution is 7.89. The van der Waals surface area contributed by atoms with Crippen molar-refractivity contribution in [1.29, 1.82) is 0 Å². The molecule has 0 aliphatic carbocycles. The van der Waals surface area contributed by atoms with Crippen LogP contribution in [0.4, 0.5) is 0 Å². The molecule has 17 heavy (non-hydrogen) atoms. The summed E-state index contributed by atoms with van der Waals surface area (Å²) in [6.45, 7) is 3.67. The molecule has 0 bridgehead atoms. The Kier molecular flexibility index (Phi) is 5.90. The zero-order valence-corrected chi connectivity index (χ0v) is 12.0. The molecule has 1 aromatic rings. The standard InChI is InChI=1S/C10H15ClN2O2S.ClH/c1-10(2,12)7-13-16(14,15)9-5-3-8(11)4-6-9;/h3-6,13H,7,12H2,1-2H3;1H. The zero-order chi connectivity index (χ0) is 12.4. The second-order valence-corrected chi connectivity index (χ2v) is 6.47. The van der Waals surface area contributed by atoms with E-state index in [-0.39, 0.29) is 23.8 Å². The fourth-order valence-electron chi connectivity index (χ4n) is 0.978. The molecule has 0 fully saturated rings. The van der Waals surface area contributed by atoms with Crippen molar-refractivity contribution in [3.8, 4) is 0 Å². The molecule has 0 aromatic heterocycles. The zero-order valence-electron chi connectivity index (χ0n) is 9.60. The SMILES string of the molecule is CC(C)(N)CNS(=O)(=O)c1ccc(Cl)cc1.Cl. The summed E-state index contributed by atoms with van der Waals surface area (Å²) in [4.78, 5) is 0.182. The second kappa shape index (κ2) is 6.02. The molecule has 0 spiro atoms. The van der Waals surface area contributed by atoms with Crippen LogP contribution < -0.4 is 10.5 Å². The van der Waals surface area contributed by atoms with Crippen molar-refractivity contribution in [3.05, 3.63) is 29.3 Å². The minimum absolute atomic E-state index is 0. The van der Waals surface area contributed by atoms with Crippen LogP contribution in [0.1, 0.15) is 13.8 Å². The van der Waals surface area contributed by atoms with Crippen molar-refractivity contribution in [2.45, 2.75) is 24.3 Å². The average Bonchev–Trinajstić information content (AvgIpc) is 2.15. The second-order valence-electron chi connectivity index (χ2n) is 4.27. The first kappa shape index (κ1) is 16.7. The van der Waals surface area contributed by atoms with Gasteiger partial charge in [0.1, 0.15) is 0 Å². The maximum absolute atomic E-state index is 11.8. The van der Waals surface area contributed by atoms with Crippen LogP contribution >= 0.6 is 24.0 Å². The Balaban J connectivity index is 0.00000256. The Labute approximate surface area is 113 Å². The number of nitrogens with two attached hydrogens (primary N) is 1. The highest BCUT2D eigenvalue weighted by Crippen LogP contribution is 2.14. The maximum Gasteiger partial charge on any atom is 0.240 e. The molecule has 1 rings (SSSR count). The van der Waals surface area contributed by atoms with E-state index in [4.69, 9.17) is 17.3 Å². The average molecular weight is 299 g/mol. The highest BCUT2D eigenvalue weighted by atomic mass is 35.5. The van der Waals surface area contributed by atoms with Gasteiger partial charge in [-0.2, -0.15) is 0 Å². The molecule has 1 aromatic carbocycles. The van der Waals surface area contributed by atoms with Gasteiger partial charge in [0.25, 0.3) is 0 Å². The van der Waals surface area contributed by atoms with Crippen molar-refractivity contribution in [3.63, 3.8) is 0 Å². The van der Waals surface area contributed by atoms with Crippen molar-refractivity contribution in [1.82, 2.24) is 4.72 Å². The van der Waals surface area contributed by atoms with Crippen LogP contribution in [0.25, 0.3) is 0 Å². The third-order valence-corrected chi connectivity index (χ3v) is 3.51. The maximum atomic E-state index is 11.8. The molecule has 98 valence electrons. The van der Waals surface area contributed by atoms with Crippen LogP contribution in [0.15, 0.2) is 29.2 Å². The van der Waals surface area contributed by atoms with Gasteiger partial charge in [-0.25, -0.2) is 13.1 Å². The van der Waals surface area contributed by atoms with Gasteiger partial charge in [-0.1, -0.05) is 11.6 Å². The largest absolute Gasteiger partial charge is 0.324 e. The number of nitrogens with one attached hydrogen (secondary N) is 1. The van der Waals surface area contributed by atoms with Crippen molar-refractivity contribution in [2.24, 2.45) is 5.73 Å². The number of halogens is 2. The van der Waals surface area contributed by atoms with Gasteiger partial charge in [-0.3, -0.25) is 0 Å². The predicted octanol–water partition coefficient (Wildman–Crippen LogP) is 1.78. The van der Waals surface area contributed by atoms with Gasteiger partial charge >= 0.3 is 0 Å². The van der Waals surface area contributed by atoms with Crippen LogP contribution in [0.3, 0.4) is 0 Å². The summed E-state index contributed by atoms with van der Waals surface area (Å²) in [5.41, 5.74) is 5.11. The van der Waals surface area contributed by atoms with E-state index >= 15 is 0 Å². The van der Waals surface area contributed by atoms with Gasteiger partial charge < -0.3 is 5.73 Å². The Bertz CT molecular complexity index is 452. The molecule has 0 amide bonds. The molecule has 0 saturated heterocycles. The number of hydrogen-bond donors (Lipinski definition) is 2. The van der Waals surface area contributed by atoms with Crippen LogP contribution in [0.5, 0.6) is 0 Å². The smallest absolute Gasteiger partial charge is 0.240 e. The lowest BCUT2D eigenvalue weighted by Gasteiger charge is -2.18. The summed E-state index contributed by atoms with van der Waals surface area (Å²) in [7, 11) is -3.50. The van der Waals surface area contributed by atoms with E-state index in [1.165, 1.54) is 24.3 Å². The summed E-state index contributed by atoms with van der Waals surface area (Å²) < 4.78 is 26.0. The normalized spacial score (nSPS) is 12.0. The molecular formula is C10H16Cl2N2O2S. The summed E-state index contributed by atoms with van der Waals surface area (Å²) >= 11 is 5.68. The molecule has 0 aliphatic rings. The molecule has 0 unspecified atom stereocenters. The fourth-order valence-corrected chi connectivity index (χ4v) is 2.33. The third-order valence-electron chi connectivity index (χ3n) is 1.84. The Hall–Kier alpha value is -0.330. The van der Waals surface area contributed by atoms with Crippen molar-refractivity contribution in [2.75, 3.05) is 6.54 Å². The van der Waals surface area contributed by atoms with Crippen molar-refractivity contribution >= 4 is 34.0 Å². The Morgan fingerprint density at radius 1 is 1.29 bits per heavy atom. The van der Waals surface area contributed by atoms with E-state index in [0.717, 1.165) is 0 Å². The first-order valence-corrected chi connectivity index (χ1v) is 6.61. The minimum atomic E-state index is -3.50. The van der Waals surface area contributed by atoms with E-state index in [1.54, 1.807) is 13.8 Å². The number of rotatable bonds is 4. The molecule has 0 atom stereocenters. The molecule has 4 nitrogen and oxygen atoms in total. The molecular weight excluding hydrogens is 283 g/mol. The van der Waals surface area contributed by atoms with Gasteiger partial charge in [-0.15, -0.1) is 12.4 Å². The lowest BCUT2D eigenvalue weighted by Crippen LogP contribution is -2.45.